The molecule has 106 valence electrons. The van der Waals surface area contributed by atoms with Crippen molar-refractivity contribution in [1.29, 1.82) is 0 Å². The summed E-state index contributed by atoms with van der Waals surface area (Å²) >= 11 is 7.10. The van der Waals surface area contributed by atoms with Gasteiger partial charge in [0, 0.05) is 28.4 Å². The minimum absolute atomic E-state index is 0.311. The molecule has 0 spiro atoms. The third-order valence-corrected chi connectivity index (χ3v) is 4.55. The Morgan fingerprint density at radius 3 is 2.79 bits per heavy atom. The molecular weight excluding hydrogens is 372 g/mol. The maximum absolute atomic E-state index is 5.47. The average molecular weight is 392 g/mol. The molecule has 1 fully saturated rings. The number of ether oxygens (including phenoxy) is 1. The van der Waals surface area contributed by atoms with E-state index in [0.717, 1.165) is 53.7 Å². The third kappa shape index (κ3) is 4.25. The summed E-state index contributed by atoms with van der Waals surface area (Å²) < 4.78 is 7.55. The Bertz CT molecular complexity index is 408. The highest BCUT2D eigenvalue weighted by Gasteiger charge is 2.27. The van der Waals surface area contributed by atoms with Crippen LogP contribution >= 0.6 is 31.9 Å². The number of rotatable bonds is 5. The zero-order chi connectivity index (χ0) is 13.7. The molecule has 1 atom stereocenters. The van der Waals surface area contributed by atoms with Crippen LogP contribution in [0.25, 0.3) is 0 Å². The summed E-state index contributed by atoms with van der Waals surface area (Å²) in [6.07, 6.45) is 5.21. The normalized spacial score (nSPS) is 18.5. The average Bonchev–Trinajstić information content (AvgIpc) is 2.42. The quantitative estimate of drug-likeness (QED) is 0.821. The van der Waals surface area contributed by atoms with Crippen LogP contribution in [-0.4, -0.2) is 24.7 Å². The largest absolute Gasteiger partial charge is 0.381 e. The number of hydrogen-bond acceptors (Lipinski definition) is 3. The van der Waals surface area contributed by atoms with Crippen LogP contribution in [0.4, 0.5) is 0 Å². The Morgan fingerprint density at radius 1 is 1.42 bits per heavy atom. The van der Waals surface area contributed by atoms with Crippen molar-refractivity contribution in [2.45, 2.75) is 32.2 Å². The predicted octanol–water partition coefficient (Wildman–Crippen LogP) is 4.07. The van der Waals surface area contributed by atoms with Gasteiger partial charge >= 0.3 is 0 Å². The van der Waals surface area contributed by atoms with Gasteiger partial charge in [-0.05, 0) is 69.7 Å². The van der Waals surface area contributed by atoms with Crippen molar-refractivity contribution in [1.82, 2.24) is 10.3 Å². The van der Waals surface area contributed by atoms with E-state index in [0.29, 0.717) is 12.0 Å². The fraction of sp³-hybridized carbons (Fsp3) is 0.643. The smallest absolute Gasteiger partial charge is 0.0718 e. The highest BCUT2D eigenvalue weighted by molar-refractivity contribution is 9.11. The van der Waals surface area contributed by atoms with Gasteiger partial charge < -0.3 is 10.1 Å². The molecule has 1 aromatic heterocycles. The lowest BCUT2D eigenvalue weighted by Gasteiger charge is -2.31. The number of halogens is 2. The van der Waals surface area contributed by atoms with Crippen LogP contribution in [0.2, 0.25) is 0 Å². The summed E-state index contributed by atoms with van der Waals surface area (Å²) in [5.41, 5.74) is 1.11. The van der Waals surface area contributed by atoms with E-state index >= 15 is 0 Å². The third-order valence-electron chi connectivity index (χ3n) is 3.48. The Kier molecular flexibility index (Phi) is 6.26. The summed E-state index contributed by atoms with van der Waals surface area (Å²) in [4.78, 5) is 4.61. The summed E-state index contributed by atoms with van der Waals surface area (Å²) in [7, 11) is 0. The first-order valence-corrected chi connectivity index (χ1v) is 8.43. The van der Waals surface area contributed by atoms with Gasteiger partial charge in [-0.2, -0.15) is 0 Å². The standard InChI is InChI=1S/C14H20Br2N2O/c1-2-5-17-13(10-3-6-19-7-4-10)14-12(16)8-11(15)9-18-14/h8-10,13,17H,2-7H2,1H3. The molecular formula is C14H20Br2N2O. The summed E-state index contributed by atoms with van der Waals surface area (Å²) in [5.74, 6) is 0.602. The minimum atomic E-state index is 0.311. The van der Waals surface area contributed by atoms with Crippen molar-refractivity contribution < 1.29 is 4.74 Å². The maximum atomic E-state index is 5.47. The van der Waals surface area contributed by atoms with Gasteiger partial charge in [0.2, 0.25) is 0 Å². The second-order valence-corrected chi connectivity index (χ2v) is 6.67. The van der Waals surface area contributed by atoms with Crippen LogP contribution in [0.5, 0.6) is 0 Å². The first-order valence-electron chi connectivity index (χ1n) is 6.84. The lowest BCUT2D eigenvalue weighted by atomic mass is 9.89. The Morgan fingerprint density at radius 2 is 2.16 bits per heavy atom. The minimum Gasteiger partial charge on any atom is -0.381 e. The highest BCUT2D eigenvalue weighted by Crippen LogP contribution is 2.33. The first kappa shape index (κ1) is 15.4. The fourth-order valence-electron chi connectivity index (χ4n) is 2.49. The summed E-state index contributed by atoms with van der Waals surface area (Å²) in [5, 5.41) is 3.65. The van der Waals surface area contributed by atoms with E-state index < -0.39 is 0 Å². The van der Waals surface area contributed by atoms with Gasteiger partial charge in [0.05, 0.1) is 11.7 Å². The zero-order valence-corrected chi connectivity index (χ0v) is 14.3. The maximum Gasteiger partial charge on any atom is 0.0718 e. The molecule has 1 aliphatic heterocycles. The van der Waals surface area contributed by atoms with Crippen molar-refractivity contribution in [3.8, 4) is 0 Å². The lowest BCUT2D eigenvalue weighted by Crippen LogP contribution is -2.33. The first-order chi connectivity index (χ1) is 9.22. The lowest BCUT2D eigenvalue weighted by molar-refractivity contribution is 0.0530. The zero-order valence-electron chi connectivity index (χ0n) is 11.2. The molecule has 1 aromatic rings. The van der Waals surface area contributed by atoms with Gasteiger partial charge in [-0.1, -0.05) is 6.92 Å². The van der Waals surface area contributed by atoms with E-state index in [1.54, 1.807) is 0 Å². The monoisotopic (exact) mass is 390 g/mol. The predicted molar refractivity (Wildman–Crippen MR) is 84.2 cm³/mol. The molecule has 0 bridgehead atoms. The second kappa shape index (κ2) is 7.72. The van der Waals surface area contributed by atoms with Gasteiger partial charge in [0.1, 0.15) is 0 Å². The molecule has 5 heteroatoms. The van der Waals surface area contributed by atoms with E-state index in [2.05, 4.69) is 55.2 Å². The van der Waals surface area contributed by atoms with Crippen LogP contribution < -0.4 is 5.32 Å². The molecule has 2 rings (SSSR count). The van der Waals surface area contributed by atoms with E-state index in [4.69, 9.17) is 4.74 Å². The molecule has 1 N–H and O–H groups in total. The Hall–Kier alpha value is 0.0300. The number of nitrogens with zero attached hydrogens (tertiary/aromatic N) is 1. The Balaban J connectivity index is 2.19. The number of aromatic nitrogens is 1. The van der Waals surface area contributed by atoms with E-state index in [9.17, 15) is 0 Å². The molecule has 2 heterocycles. The Labute approximate surface area is 131 Å². The molecule has 3 nitrogen and oxygen atoms in total. The molecule has 1 saturated heterocycles. The van der Waals surface area contributed by atoms with Gasteiger partial charge in [-0.25, -0.2) is 0 Å². The van der Waals surface area contributed by atoms with Crippen LogP contribution in [0, 0.1) is 5.92 Å². The van der Waals surface area contributed by atoms with Crippen molar-refractivity contribution in [3.05, 3.63) is 26.9 Å². The van der Waals surface area contributed by atoms with Gasteiger partial charge in [0.25, 0.3) is 0 Å². The molecule has 0 radical (unpaired) electrons. The highest BCUT2D eigenvalue weighted by atomic mass is 79.9. The summed E-state index contributed by atoms with van der Waals surface area (Å²) in [6.45, 7) is 4.94. The van der Waals surface area contributed by atoms with Gasteiger partial charge in [-0.3, -0.25) is 4.98 Å². The molecule has 19 heavy (non-hydrogen) atoms. The van der Waals surface area contributed by atoms with E-state index in [1.165, 1.54) is 0 Å². The van der Waals surface area contributed by atoms with Crippen LogP contribution in [-0.2, 0) is 4.74 Å². The molecule has 0 amide bonds. The SMILES string of the molecule is CCCNC(c1ncc(Br)cc1Br)C1CCOCC1. The number of nitrogens with one attached hydrogen (secondary N) is 1. The van der Waals surface area contributed by atoms with Gasteiger partial charge in [0.15, 0.2) is 0 Å². The molecule has 0 saturated carbocycles. The van der Waals surface area contributed by atoms with Crippen molar-refractivity contribution in [2.24, 2.45) is 5.92 Å². The van der Waals surface area contributed by atoms with Crippen LogP contribution in [0.1, 0.15) is 37.9 Å². The second-order valence-electron chi connectivity index (χ2n) is 4.90. The molecule has 1 aliphatic rings. The van der Waals surface area contributed by atoms with Crippen LogP contribution in [0.15, 0.2) is 21.2 Å². The molecule has 1 unspecified atom stereocenters. The molecule has 0 aromatic carbocycles. The number of hydrogen-bond donors (Lipinski definition) is 1. The van der Waals surface area contributed by atoms with Crippen molar-refractivity contribution in [2.75, 3.05) is 19.8 Å². The van der Waals surface area contributed by atoms with Gasteiger partial charge in [-0.15, -0.1) is 0 Å². The van der Waals surface area contributed by atoms with Crippen molar-refractivity contribution in [3.63, 3.8) is 0 Å². The number of pyridine rings is 1. The fourth-order valence-corrected chi connectivity index (χ4v) is 3.72. The van der Waals surface area contributed by atoms with E-state index in [-0.39, 0.29) is 0 Å². The van der Waals surface area contributed by atoms with Crippen LogP contribution in [0.3, 0.4) is 0 Å². The van der Waals surface area contributed by atoms with Crippen molar-refractivity contribution >= 4 is 31.9 Å². The topological polar surface area (TPSA) is 34.2 Å². The van der Waals surface area contributed by atoms with E-state index in [1.807, 2.05) is 6.20 Å². The summed E-state index contributed by atoms with van der Waals surface area (Å²) in [6, 6.07) is 2.38. The molecule has 0 aliphatic carbocycles.